The van der Waals surface area contributed by atoms with Crippen LogP contribution in [0.1, 0.15) is 60.9 Å². The first-order valence-electron chi connectivity index (χ1n) is 13.6. The molecule has 0 radical (unpaired) electrons. The van der Waals surface area contributed by atoms with E-state index in [9.17, 15) is 9.90 Å². The number of carbonyl (C=O) groups excluding carboxylic acids is 1. The molecule has 1 aromatic carbocycles. The number of fused-ring (bicyclic) bond motifs is 1. The van der Waals surface area contributed by atoms with Crippen molar-refractivity contribution in [2.24, 2.45) is 5.92 Å². The van der Waals surface area contributed by atoms with Crippen molar-refractivity contribution in [1.82, 2.24) is 19.9 Å². The van der Waals surface area contributed by atoms with Gasteiger partial charge < -0.3 is 25.8 Å². The third-order valence-corrected chi connectivity index (χ3v) is 7.89. The fourth-order valence-electron chi connectivity index (χ4n) is 5.44. The number of anilines is 2. The van der Waals surface area contributed by atoms with Crippen LogP contribution in [0.5, 0.6) is 0 Å². The van der Waals surface area contributed by atoms with Crippen LogP contribution in [0.25, 0.3) is 16.8 Å². The number of ether oxygens (including phenoxy) is 1. The van der Waals surface area contributed by atoms with Crippen LogP contribution in [-0.2, 0) is 4.74 Å². The van der Waals surface area contributed by atoms with Gasteiger partial charge in [-0.3, -0.25) is 4.79 Å². The van der Waals surface area contributed by atoms with Gasteiger partial charge in [-0.15, -0.1) is 0 Å². The number of nitrogens with zero attached hydrogens (tertiary/aromatic N) is 3. The lowest BCUT2D eigenvalue weighted by atomic mass is 10.0. The average Bonchev–Trinajstić information content (AvgIpc) is 3.47. The molecular formula is C28H36N6O3. The van der Waals surface area contributed by atoms with Gasteiger partial charge in [-0.05, 0) is 75.0 Å². The quantitative estimate of drug-likeness (QED) is 0.369. The monoisotopic (exact) mass is 504 g/mol. The Balaban J connectivity index is 1.32. The number of carbonyl (C=O) groups is 1. The van der Waals surface area contributed by atoms with Gasteiger partial charge in [-0.1, -0.05) is 12.1 Å². The first-order valence-corrected chi connectivity index (χ1v) is 13.6. The van der Waals surface area contributed by atoms with E-state index >= 15 is 0 Å². The van der Waals surface area contributed by atoms with Gasteiger partial charge >= 0.3 is 0 Å². The van der Waals surface area contributed by atoms with Crippen molar-refractivity contribution < 1.29 is 14.6 Å². The maximum absolute atomic E-state index is 12.6. The number of hydrogen-bond donors (Lipinski definition) is 4. The number of amides is 1. The lowest BCUT2D eigenvalue weighted by Gasteiger charge is -2.23. The molecule has 4 N–H and O–H groups in total. The average molecular weight is 505 g/mol. The van der Waals surface area contributed by atoms with Crippen LogP contribution in [0.3, 0.4) is 0 Å². The number of aliphatic hydroxyl groups excluding tert-OH is 1. The Labute approximate surface area is 217 Å². The van der Waals surface area contributed by atoms with Crippen molar-refractivity contribution in [2.75, 3.05) is 30.4 Å². The molecule has 0 unspecified atom stereocenters. The Hall–Kier alpha value is -3.17. The third-order valence-electron chi connectivity index (χ3n) is 7.89. The molecule has 1 amide bonds. The second-order valence-electron chi connectivity index (χ2n) is 10.8. The van der Waals surface area contributed by atoms with E-state index < -0.39 is 0 Å². The topological polar surface area (TPSA) is 113 Å². The van der Waals surface area contributed by atoms with Crippen LogP contribution in [0.15, 0.2) is 30.5 Å². The van der Waals surface area contributed by atoms with Crippen molar-refractivity contribution in [1.29, 1.82) is 0 Å². The molecule has 9 nitrogen and oxygen atoms in total. The van der Waals surface area contributed by atoms with E-state index in [-0.39, 0.29) is 18.1 Å². The molecule has 3 aliphatic rings. The number of aromatic nitrogens is 3. The number of hydrogen-bond acceptors (Lipinski definition) is 7. The highest BCUT2D eigenvalue weighted by atomic mass is 16.5. The van der Waals surface area contributed by atoms with Crippen LogP contribution < -0.4 is 16.0 Å². The lowest BCUT2D eigenvalue weighted by molar-refractivity contribution is 0.0699. The molecule has 3 heterocycles. The molecule has 2 aromatic heterocycles. The van der Waals surface area contributed by atoms with Crippen molar-refractivity contribution in [2.45, 2.75) is 70.1 Å². The summed E-state index contributed by atoms with van der Waals surface area (Å²) in [5.41, 5.74) is 4.24. The molecule has 3 aromatic rings. The maximum atomic E-state index is 12.6. The summed E-state index contributed by atoms with van der Waals surface area (Å²) >= 11 is 0. The van der Waals surface area contributed by atoms with Crippen LogP contribution in [0.4, 0.5) is 11.6 Å². The first-order chi connectivity index (χ1) is 18.0. The zero-order chi connectivity index (χ0) is 25.4. The molecule has 1 aliphatic heterocycles. The van der Waals surface area contributed by atoms with Gasteiger partial charge in [0.1, 0.15) is 11.6 Å². The molecule has 196 valence electrons. The van der Waals surface area contributed by atoms with E-state index in [1.807, 2.05) is 41.9 Å². The van der Waals surface area contributed by atoms with Gasteiger partial charge in [-0.25, -0.2) is 4.98 Å². The number of benzene rings is 1. The Morgan fingerprint density at radius 3 is 2.70 bits per heavy atom. The van der Waals surface area contributed by atoms with E-state index in [0.29, 0.717) is 17.5 Å². The van der Waals surface area contributed by atoms with Gasteiger partial charge in [0.25, 0.3) is 5.91 Å². The summed E-state index contributed by atoms with van der Waals surface area (Å²) in [6.07, 6.45) is 8.45. The van der Waals surface area contributed by atoms with Crippen LogP contribution >= 0.6 is 0 Å². The van der Waals surface area contributed by atoms with Crippen molar-refractivity contribution >= 4 is 23.2 Å². The molecule has 2 aliphatic carbocycles. The second-order valence-corrected chi connectivity index (χ2v) is 10.8. The number of aryl methyl sites for hydroxylation is 1. The number of aliphatic hydroxyl groups is 1. The van der Waals surface area contributed by atoms with Gasteiger partial charge in [0, 0.05) is 43.0 Å². The number of nitrogens with one attached hydrogen (secondary N) is 3. The van der Waals surface area contributed by atoms with Crippen molar-refractivity contribution in [3.8, 4) is 11.1 Å². The van der Waals surface area contributed by atoms with Crippen molar-refractivity contribution in [3.05, 3.63) is 41.6 Å². The highest BCUT2D eigenvalue weighted by molar-refractivity contribution is 5.97. The summed E-state index contributed by atoms with van der Waals surface area (Å²) in [7, 11) is 0. The summed E-state index contributed by atoms with van der Waals surface area (Å²) in [6.45, 7) is 4.43. The second kappa shape index (κ2) is 10.3. The Morgan fingerprint density at radius 1 is 1.14 bits per heavy atom. The van der Waals surface area contributed by atoms with E-state index in [0.717, 1.165) is 98.7 Å². The molecule has 37 heavy (non-hydrogen) atoms. The Kier molecular flexibility index (Phi) is 6.73. The molecular weight excluding hydrogens is 468 g/mol. The standard InChI is InChI=1S/C28H36N6O3/c1-17-13-19(5-8-21(17)28(36)31-20-6-7-20)22-16-30-34-26(29-15-18-9-11-37-12-10-18)14-25(33-27(22)34)32-23-3-2-4-24(23)35/h5,8,13-14,16,18,20,23-24,29,35H,2-4,6-7,9-12,15H2,1H3,(H,31,36)(H,32,33)/t23-,24-/m0/s1. The normalized spacial score (nSPS) is 22.3. The molecule has 9 heteroatoms. The van der Waals surface area contributed by atoms with Crippen LogP contribution in [0, 0.1) is 12.8 Å². The summed E-state index contributed by atoms with van der Waals surface area (Å²) in [5.74, 6) is 2.14. The lowest BCUT2D eigenvalue weighted by Crippen LogP contribution is -2.28. The summed E-state index contributed by atoms with van der Waals surface area (Å²) in [5, 5.41) is 25.2. The smallest absolute Gasteiger partial charge is 0.251 e. The minimum Gasteiger partial charge on any atom is -0.391 e. The zero-order valence-corrected chi connectivity index (χ0v) is 21.4. The summed E-state index contributed by atoms with van der Waals surface area (Å²) < 4.78 is 7.37. The molecule has 6 rings (SSSR count). The van der Waals surface area contributed by atoms with E-state index in [2.05, 4.69) is 16.0 Å². The van der Waals surface area contributed by atoms with Crippen LogP contribution in [0.2, 0.25) is 0 Å². The molecule has 2 atom stereocenters. The van der Waals surface area contributed by atoms with Gasteiger partial charge in [0.05, 0.1) is 18.3 Å². The molecule has 0 spiro atoms. The largest absolute Gasteiger partial charge is 0.391 e. The molecule has 0 bridgehead atoms. The molecule has 1 saturated heterocycles. The zero-order valence-electron chi connectivity index (χ0n) is 21.4. The first kappa shape index (κ1) is 24.2. The van der Waals surface area contributed by atoms with Gasteiger partial charge in [0.2, 0.25) is 0 Å². The molecule has 2 saturated carbocycles. The Bertz CT molecular complexity index is 1280. The highest BCUT2D eigenvalue weighted by Crippen LogP contribution is 2.31. The summed E-state index contributed by atoms with van der Waals surface area (Å²) in [6, 6.07) is 8.22. The predicted octanol–water partition coefficient (Wildman–Crippen LogP) is 3.76. The third kappa shape index (κ3) is 5.29. The fourth-order valence-corrected chi connectivity index (χ4v) is 5.44. The van der Waals surface area contributed by atoms with E-state index in [1.165, 1.54) is 0 Å². The highest BCUT2D eigenvalue weighted by Gasteiger charge is 2.27. The van der Waals surface area contributed by atoms with E-state index in [1.54, 1.807) is 0 Å². The van der Waals surface area contributed by atoms with Gasteiger partial charge in [-0.2, -0.15) is 9.61 Å². The van der Waals surface area contributed by atoms with Gasteiger partial charge in [0.15, 0.2) is 5.65 Å². The van der Waals surface area contributed by atoms with Crippen molar-refractivity contribution in [3.63, 3.8) is 0 Å². The minimum absolute atomic E-state index is 0.00354. The SMILES string of the molecule is Cc1cc(-c2cnn3c(NCC4CCOCC4)cc(N[C@H]4CCC[C@@H]4O)nc23)ccc1C(=O)NC1CC1. The van der Waals surface area contributed by atoms with Crippen LogP contribution in [-0.4, -0.2) is 63.6 Å². The minimum atomic E-state index is -0.363. The van der Waals surface area contributed by atoms with E-state index in [4.69, 9.17) is 14.8 Å². The number of rotatable bonds is 8. The predicted molar refractivity (Wildman–Crippen MR) is 143 cm³/mol. The molecule has 3 fully saturated rings. The fraction of sp³-hybridized carbons (Fsp3) is 0.536. The summed E-state index contributed by atoms with van der Waals surface area (Å²) in [4.78, 5) is 17.6. The maximum Gasteiger partial charge on any atom is 0.251 e. The Morgan fingerprint density at radius 2 is 1.97 bits per heavy atom.